The molecule has 1 fully saturated rings. The minimum atomic E-state index is 0.116. The second kappa shape index (κ2) is 10.6. The van der Waals surface area contributed by atoms with Crippen LogP contribution in [0.25, 0.3) is 10.6 Å². The fourth-order valence-electron chi connectivity index (χ4n) is 3.77. The highest BCUT2D eigenvalue weighted by Crippen LogP contribution is 2.25. The van der Waals surface area contributed by atoms with E-state index < -0.39 is 0 Å². The summed E-state index contributed by atoms with van der Waals surface area (Å²) in [5, 5.41) is 5.28. The quantitative estimate of drug-likeness (QED) is 0.318. The molecule has 0 bridgehead atoms. The van der Waals surface area contributed by atoms with E-state index in [1.165, 1.54) is 0 Å². The van der Waals surface area contributed by atoms with E-state index >= 15 is 0 Å². The van der Waals surface area contributed by atoms with Crippen LogP contribution in [0.5, 0.6) is 0 Å². The van der Waals surface area contributed by atoms with Crippen LogP contribution in [0.15, 0.2) is 75.8 Å². The maximum Gasteiger partial charge on any atom is 0.253 e. The molecule has 0 radical (unpaired) electrons. The summed E-state index contributed by atoms with van der Waals surface area (Å²) < 4.78 is 0. The van der Waals surface area contributed by atoms with Crippen molar-refractivity contribution in [3.8, 4) is 10.6 Å². The molecule has 8 heteroatoms. The summed E-state index contributed by atoms with van der Waals surface area (Å²) in [6.07, 6.45) is 0. The fourth-order valence-corrected chi connectivity index (χ4v) is 6.06. The smallest absolute Gasteiger partial charge is 0.253 e. The molecule has 0 saturated carbocycles. The van der Waals surface area contributed by atoms with Crippen LogP contribution in [0.3, 0.4) is 0 Å². The number of rotatable bonds is 7. The first kappa shape index (κ1) is 22.3. The summed E-state index contributed by atoms with van der Waals surface area (Å²) >= 11 is 5.05. The van der Waals surface area contributed by atoms with Crippen LogP contribution in [0.1, 0.15) is 21.7 Å². The molecule has 3 heterocycles. The molecule has 168 valence electrons. The van der Waals surface area contributed by atoms with E-state index in [1.807, 2.05) is 52.9 Å². The van der Waals surface area contributed by atoms with Gasteiger partial charge in [0.15, 0.2) is 0 Å². The first-order valence-corrected chi connectivity index (χ1v) is 13.7. The van der Waals surface area contributed by atoms with Crippen molar-refractivity contribution in [3.63, 3.8) is 0 Å². The Hall–Kier alpha value is -2.52. The van der Waals surface area contributed by atoms with E-state index in [4.69, 9.17) is 4.98 Å². The summed E-state index contributed by atoms with van der Waals surface area (Å²) in [5.41, 5.74) is 5.97. The Labute approximate surface area is 206 Å². The zero-order valence-corrected chi connectivity index (χ0v) is 20.5. The van der Waals surface area contributed by atoms with E-state index in [2.05, 4.69) is 32.8 Å². The van der Waals surface area contributed by atoms with Crippen molar-refractivity contribution < 1.29 is 4.79 Å². The zero-order chi connectivity index (χ0) is 22.5. The zero-order valence-electron chi connectivity index (χ0n) is 18.1. The second-order valence-corrected chi connectivity index (χ2v) is 10.5. The number of carbonyl (C=O) groups is 1. The largest absolute Gasteiger partial charge is 0.336 e. The lowest BCUT2D eigenvalue weighted by Gasteiger charge is -2.34. The number of hydrogen-bond donors (Lipinski definition) is 0. The Bertz CT molecular complexity index is 1170. The van der Waals surface area contributed by atoms with Crippen molar-refractivity contribution >= 4 is 40.3 Å². The lowest BCUT2D eigenvalue weighted by molar-refractivity contribution is 0.0627. The summed E-state index contributed by atoms with van der Waals surface area (Å²) in [5.74, 6) is 0.968. The molecular formula is C25H24N4OS3. The van der Waals surface area contributed by atoms with Gasteiger partial charge in [-0.15, -0.1) is 34.4 Å². The molecule has 5 nitrogen and oxygen atoms in total. The molecule has 2 aromatic carbocycles. The highest BCUT2D eigenvalue weighted by Gasteiger charge is 2.22. The van der Waals surface area contributed by atoms with Crippen molar-refractivity contribution in [1.82, 2.24) is 19.8 Å². The number of aromatic nitrogens is 2. The highest BCUT2D eigenvalue weighted by molar-refractivity contribution is 7.98. The number of hydrogen-bond acceptors (Lipinski definition) is 7. The average molecular weight is 493 g/mol. The normalized spacial score (nSPS) is 14.5. The average Bonchev–Trinajstić information content (AvgIpc) is 3.56. The number of piperazine rings is 1. The fraction of sp³-hybridized carbons (Fsp3) is 0.240. The van der Waals surface area contributed by atoms with Crippen molar-refractivity contribution in [2.75, 3.05) is 26.2 Å². The van der Waals surface area contributed by atoms with Gasteiger partial charge >= 0.3 is 0 Å². The van der Waals surface area contributed by atoms with Crippen LogP contribution in [-0.4, -0.2) is 51.9 Å². The predicted octanol–water partition coefficient (Wildman–Crippen LogP) is 5.52. The Morgan fingerprint density at radius 2 is 1.73 bits per heavy atom. The highest BCUT2D eigenvalue weighted by atomic mass is 32.2. The Morgan fingerprint density at radius 3 is 2.45 bits per heavy atom. The Kier molecular flexibility index (Phi) is 7.16. The molecule has 33 heavy (non-hydrogen) atoms. The van der Waals surface area contributed by atoms with E-state index in [1.54, 1.807) is 34.4 Å². The van der Waals surface area contributed by atoms with Gasteiger partial charge in [0, 0.05) is 65.3 Å². The van der Waals surface area contributed by atoms with Crippen LogP contribution < -0.4 is 0 Å². The van der Waals surface area contributed by atoms with Crippen LogP contribution in [-0.2, 0) is 12.3 Å². The number of carbonyl (C=O) groups excluding carboxylic acids is 1. The van der Waals surface area contributed by atoms with E-state index in [-0.39, 0.29) is 5.91 Å². The third-order valence-corrected chi connectivity index (χ3v) is 8.21. The van der Waals surface area contributed by atoms with Crippen LogP contribution in [0.2, 0.25) is 0 Å². The molecule has 0 aliphatic carbocycles. The maximum absolute atomic E-state index is 13.0. The Morgan fingerprint density at radius 1 is 0.939 bits per heavy atom. The molecule has 2 aromatic heterocycles. The van der Waals surface area contributed by atoms with Crippen molar-refractivity contribution in [1.29, 1.82) is 0 Å². The number of amides is 1. The second-order valence-electron chi connectivity index (χ2n) is 7.87. The van der Waals surface area contributed by atoms with E-state index in [0.29, 0.717) is 0 Å². The van der Waals surface area contributed by atoms with Crippen molar-refractivity contribution in [2.24, 2.45) is 0 Å². The number of thioether (sulfide) groups is 1. The van der Waals surface area contributed by atoms with Crippen LogP contribution in [0, 0.1) is 0 Å². The van der Waals surface area contributed by atoms with Gasteiger partial charge in [-0.2, -0.15) is 0 Å². The minimum absolute atomic E-state index is 0.116. The number of thiazole rings is 2. The number of benzene rings is 2. The lowest BCUT2D eigenvalue weighted by atomic mass is 10.2. The van der Waals surface area contributed by atoms with Crippen molar-refractivity contribution in [2.45, 2.75) is 17.2 Å². The van der Waals surface area contributed by atoms with Gasteiger partial charge in [-0.05, 0) is 24.3 Å². The van der Waals surface area contributed by atoms with Gasteiger partial charge in [-0.3, -0.25) is 9.69 Å². The third kappa shape index (κ3) is 5.70. The molecular weight excluding hydrogens is 469 g/mol. The van der Waals surface area contributed by atoms with Gasteiger partial charge in [-0.25, -0.2) is 9.97 Å². The molecule has 1 saturated heterocycles. The first-order chi connectivity index (χ1) is 16.2. The van der Waals surface area contributed by atoms with Gasteiger partial charge < -0.3 is 4.90 Å². The molecule has 0 N–H and O–H groups in total. The van der Waals surface area contributed by atoms with Crippen LogP contribution >= 0.6 is 34.4 Å². The van der Waals surface area contributed by atoms with E-state index in [0.717, 1.165) is 70.9 Å². The van der Waals surface area contributed by atoms with Gasteiger partial charge in [0.2, 0.25) is 0 Å². The summed E-state index contributed by atoms with van der Waals surface area (Å²) in [7, 11) is 0. The minimum Gasteiger partial charge on any atom is -0.336 e. The molecule has 5 rings (SSSR count). The lowest BCUT2D eigenvalue weighted by Crippen LogP contribution is -2.48. The topological polar surface area (TPSA) is 49.3 Å². The standard InChI is InChI=1S/C25H24N4OS3/c30-25(20-6-8-23(9-7-20)32-17-22-15-31-18-26-22)29-12-10-28(11-13-29)14-21-16-33-24(27-21)19-4-2-1-3-5-19/h1-9,15-16,18H,10-14,17H2. The molecule has 4 aromatic rings. The summed E-state index contributed by atoms with van der Waals surface area (Å²) in [6.45, 7) is 4.05. The van der Waals surface area contributed by atoms with E-state index in [9.17, 15) is 4.79 Å². The third-order valence-electron chi connectivity index (χ3n) is 5.59. The summed E-state index contributed by atoms with van der Waals surface area (Å²) in [6, 6.07) is 18.3. The van der Waals surface area contributed by atoms with Crippen LogP contribution in [0.4, 0.5) is 0 Å². The SMILES string of the molecule is O=C(c1ccc(SCc2cscn2)cc1)N1CCN(Cc2csc(-c3ccccc3)n2)CC1. The monoisotopic (exact) mass is 492 g/mol. The van der Waals surface area contributed by atoms with Gasteiger partial charge in [0.1, 0.15) is 5.01 Å². The van der Waals surface area contributed by atoms with Gasteiger partial charge in [0.25, 0.3) is 5.91 Å². The molecule has 0 spiro atoms. The van der Waals surface area contributed by atoms with Crippen molar-refractivity contribution in [3.05, 3.63) is 87.8 Å². The summed E-state index contributed by atoms with van der Waals surface area (Å²) in [4.78, 5) is 27.6. The molecule has 1 amide bonds. The Balaban J connectivity index is 1.11. The van der Waals surface area contributed by atoms with Gasteiger partial charge in [-0.1, -0.05) is 30.3 Å². The predicted molar refractivity (Wildman–Crippen MR) is 137 cm³/mol. The van der Waals surface area contributed by atoms with Gasteiger partial charge in [0.05, 0.1) is 16.9 Å². The molecule has 0 unspecified atom stereocenters. The maximum atomic E-state index is 13.0. The molecule has 1 aliphatic rings. The molecule has 0 atom stereocenters. The first-order valence-electron chi connectivity index (χ1n) is 10.9. The number of nitrogens with zero attached hydrogens (tertiary/aromatic N) is 4. The molecule has 1 aliphatic heterocycles.